The van der Waals surface area contributed by atoms with Crippen molar-refractivity contribution in [1.29, 1.82) is 5.26 Å². The van der Waals surface area contributed by atoms with Crippen LogP contribution in [0.1, 0.15) is 6.42 Å². The molecule has 1 saturated heterocycles. The van der Waals surface area contributed by atoms with Crippen molar-refractivity contribution in [3.05, 3.63) is 24.0 Å². The fourth-order valence-corrected chi connectivity index (χ4v) is 4.27. The molecule has 0 saturated carbocycles. The summed E-state index contributed by atoms with van der Waals surface area (Å²) < 4.78 is 34.7. The number of allylic oxidation sites excluding steroid dienone is 1. The Morgan fingerprint density at radius 3 is 2.71 bits per heavy atom. The molecule has 116 valence electrons. The van der Waals surface area contributed by atoms with Gasteiger partial charge in [-0.25, -0.2) is 13.6 Å². The highest BCUT2D eigenvalue weighted by Crippen LogP contribution is 2.40. The van der Waals surface area contributed by atoms with Crippen molar-refractivity contribution in [3.8, 4) is 6.19 Å². The molecular weight excluding hydrogens is 294 g/mol. The highest BCUT2D eigenvalue weighted by molar-refractivity contribution is 7.90. The van der Waals surface area contributed by atoms with E-state index in [1.165, 1.54) is 20.3 Å². The van der Waals surface area contributed by atoms with Crippen molar-refractivity contribution >= 4 is 10.0 Å². The zero-order valence-electron chi connectivity index (χ0n) is 12.0. The van der Waals surface area contributed by atoms with E-state index >= 15 is 0 Å². The highest BCUT2D eigenvalue weighted by atomic mass is 32.2. The zero-order chi connectivity index (χ0) is 15.7. The van der Waals surface area contributed by atoms with Crippen LogP contribution in [0.4, 0.5) is 0 Å². The number of hydrogen-bond acceptors (Lipinski definition) is 6. The minimum atomic E-state index is -3.88. The fourth-order valence-electron chi connectivity index (χ4n) is 3.07. The Kier molecular flexibility index (Phi) is 4.27. The first-order valence-electron chi connectivity index (χ1n) is 6.54. The number of nitriles is 1. The number of methoxy groups -OCH3 is 2. The van der Waals surface area contributed by atoms with Crippen LogP contribution in [0.2, 0.25) is 0 Å². The van der Waals surface area contributed by atoms with Gasteiger partial charge in [-0.2, -0.15) is 5.26 Å². The lowest BCUT2D eigenvalue weighted by molar-refractivity contribution is -0.0107. The molecule has 0 amide bonds. The number of nitrogens with zero attached hydrogens (tertiary/aromatic N) is 2. The van der Waals surface area contributed by atoms with Crippen molar-refractivity contribution in [3.63, 3.8) is 0 Å². The first-order chi connectivity index (χ1) is 9.87. The van der Waals surface area contributed by atoms with Crippen LogP contribution in [0, 0.1) is 17.4 Å². The van der Waals surface area contributed by atoms with Crippen LogP contribution < -0.4 is 5.14 Å². The van der Waals surface area contributed by atoms with Crippen LogP contribution in [-0.2, 0) is 19.5 Å². The van der Waals surface area contributed by atoms with E-state index < -0.39 is 20.9 Å². The molecule has 3 atom stereocenters. The Hall–Kier alpha value is -1.56. The van der Waals surface area contributed by atoms with E-state index in [9.17, 15) is 8.42 Å². The molecule has 8 heteroatoms. The van der Waals surface area contributed by atoms with Crippen LogP contribution in [0.25, 0.3) is 0 Å². The lowest BCUT2D eigenvalue weighted by Gasteiger charge is -2.41. The Bertz CT molecular complexity index is 607. The minimum absolute atomic E-state index is 0.142. The van der Waals surface area contributed by atoms with E-state index in [-0.39, 0.29) is 5.92 Å². The van der Waals surface area contributed by atoms with E-state index in [4.69, 9.17) is 19.9 Å². The number of sulfonamides is 1. The molecule has 1 heterocycles. The second kappa shape index (κ2) is 5.67. The smallest absolute Gasteiger partial charge is 0.218 e. The van der Waals surface area contributed by atoms with Gasteiger partial charge in [0.1, 0.15) is 16.6 Å². The molecule has 0 spiro atoms. The third-order valence-corrected chi connectivity index (χ3v) is 5.39. The first kappa shape index (κ1) is 15.8. The molecule has 0 radical (unpaired) electrons. The van der Waals surface area contributed by atoms with Gasteiger partial charge in [0.25, 0.3) is 0 Å². The molecule has 1 aliphatic carbocycles. The van der Waals surface area contributed by atoms with Gasteiger partial charge in [0.05, 0.1) is 7.11 Å². The summed E-state index contributed by atoms with van der Waals surface area (Å²) >= 11 is 0. The van der Waals surface area contributed by atoms with Crippen molar-refractivity contribution < 1.29 is 17.9 Å². The molecule has 2 N–H and O–H groups in total. The van der Waals surface area contributed by atoms with Crippen molar-refractivity contribution in [1.82, 2.24) is 4.90 Å². The molecule has 0 aromatic heterocycles. The van der Waals surface area contributed by atoms with Crippen LogP contribution in [-0.4, -0.2) is 51.5 Å². The zero-order valence-corrected chi connectivity index (χ0v) is 12.8. The Morgan fingerprint density at radius 1 is 1.52 bits per heavy atom. The lowest BCUT2D eigenvalue weighted by Crippen LogP contribution is -2.55. The maximum Gasteiger partial charge on any atom is 0.218 e. The molecular formula is C13H19N3O4S. The van der Waals surface area contributed by atoms with E-state index in [0.29, 0.717) is 25.3 Å². The molecule has 0 bridgehead atoms. The number of hydrogen-bond donors (Lipinski definition) is 1. The average Bonchev–Trinajstić information content (AvgIpc) is 2.95. The SMILES string of the molecule is COC1=CC(S(N)(=O)=O)C(OC)(C2CCN(C#N)C2)C=C1. The number of rotatable bonds is 4. The summed E-state index contributed by atoms with van der Waals surface area (Å²) in [5.74, 6) is 0.285. The van der Waals surface area contributed by atoms with E-state index in [0.717, 1.165) is 0 Å². The average molecular weight is 313 g/mol. The monoisotopic (exact) mass is 313 g/mol. The van der Waals surface area contributed by atoms with Gasteiger partial charge < -0.3 is 14.4 Å². The molecule has 7 nitrogen and oxygen atoms in total. The fraction of sp³-hybridized carbons (Fsp3) is 0.615. The van der Waals surface area contributed by atoms with Crippen molar-refractivity contribution in [2.24, 2.45) is 11.1 Å². The maximum atomic E-state index is 12.0. The predicted molar refractivity (Wildman–Crippen MR) is 76.2 cm³/mol. The molecule has 0 aromatic carbocycles. The van der Waals surface area contributed by atoms with Gasteiger partial charge in [-0.1, -0.05) is 0 Å². The Balaban J connectivity index is 2.44. The van der Waals surface area contributed by atoms with Gasteiger partial charge in [0, 0.05) is 26.1 Å². The second-order valence-corrected chi connectivity index (χ2v) is 6.89. The molecule has 1 fully saturated rings. The number of ether oxygens (including phenoxy) is 2. The summed E-state index contributed by atoms with van der Waals surface area (Å²) in [7, 11) is -0.961. The van der Waals surface area contributed by atoms with Gasteiger partial charge >= 0.3 is 0 Å². The van der Waals surface area contributed by atoms with Crippen LogP contribution in [0.5, 0.6) is 0 Å². The van der Waals surface area contributed by atoms with Crippen molar-refractivity contribution in [2.45, 2.75) is 17.3 Å². The standard InChI is InChI=1S/C13H19N3O4S/c1-19-11-3-5-13(20-2,12(7-11)21(15,17)18)10-4-6-16(8-10)9-14/h3,5,7,10,12H,4,6,8H2,1-2H3,(H2,15,17,18). The third-order valence-electron chi connectivity index (χ3n) is 4.18. The Labute approximate surface area is 124 Å². The summed E-state index contributed by atoms with van der Waals surface area (Å²) in [5, 5.41) is 13.3. The van der Waals surface area contributed by atoms with Gasteiger partial charge in [-0.3, -0.25) is 0 Å². The summed E-state index contributed by atoms with van der Waals surface area (Å²) in [6.45, 7) is 1.02. The van der Waals surface area contributed by atoms with Crippen molar-refractivity contribution in [2.75, 3.05) is 27.3 Å². The number of primary sulfonamides is 1. The summed E-state index contributed by atoms with van der Waals surface area (Å²) in [6, 6.07) is 0. The maximum absolute atomic E-state index is 12.0. The lowest BCUT2D eigenvalue weighted by atomic mass is 9.80. The van der Waals surface area contributed by atoms with Gasteiger partial charge in [0.2, 0.25) is 10.0 Å². The summed E-state index contributed by atoms with van der Waals surface area (Å²) in [4.78, 5) is 1.59. The quantitative estimate of drug-likeness (QED) is 0.728. The van der Waals surface area contributed by atoms with Gasteiger partial charge in [-0.05, 0) is 24.6 Å². The van der Waals surface area contributed by atoms with E-state index in [2.05, 4.69) is 6.19 Å². The highest BCUT2D eigenvalue weighted by Gasteiger charge is 2.51. The van der Waals surface area contributed by atoms with Gasteiger partial charge in [-0.15, -0.1) is 0 Å². The van der Waals surface area contributed by atoms with E-state index in [1.807, 2.05) is 0 Å². The largest absolute Gasteiger partial charge is 0.497 e. The van der Waals surface area contributed by atoms with Crippen LogP contribution in [0.3, 0.4) is 0 Å². The van der Waals surface area contributed by atoms with E-state index in [1.54, 1.807) is 17.1 Å². The van der Waals surface area contributed by atoms with Crippen LogP contribution >= 0.6 is 0 Å². The molecule has 2 rings (SSSR count). The molecule has 0 aromatic rings. The first-order valence-corrected chi connectivity index (χ1v) is 8.15. The molecule has 2 aliphatic rings. The second-order valence-electron chi connectivity index (χ2n) is 5.21. The predicted octanol–water partition coefficient (Wildman–Crippen LogP) is -0.0682. The summed E-state index contributed by atoms with van der Waals surface area (Å²) in [6.07, 6.45) is 7.58. The number of nitrogens with two attached hydrogens (primary N) is 1. The third kappa shape index (κ3) is 2.77. The number of likely N-dealkylation sites (tertiary alicyclic amines) is 1. The summed E-state index contributed by atoms with van der Waals surface area (Å²) in [5.41, 5.74) is -1.08. The molecule has 3 unspecified atom stereocenters. The topological polar surface area (TPSA) is 106 Å². The molecule has 1 aliphatic heterocycles. The molecule has 21 heavy (non-hydrogen) atoms. The normalized spacial score (nSPS) is 32.7. The Morgan fingerprint density at radius 2 is 2.24 bits per heavy atom. The van der Waals surface area contributed by atoms with Gasteiger partial charge in [0.15, 0.2) is 6.19 Å². The minimum Gasteiger partial charge on any atom is -0.497 e. The van der Waals surface area contributed by atoms with Crippen LogP contribution in [0.15, 0.2) is 24.0 Å².